The highest BCUT2D eigenvalue weighted by Gasteiger charge is 2.29. The Hall–Kier alpha value is -2.22. The number of benzene rings is 2. The van der Waals surface area contributed by atoms with Gasteiger partial charge < -0.3 is 14.4 Å². The van der Waals surface area contributed by atoms with Crippen molar-refractivity contribution in [2.45, 2.75) is 25.6 Å². The number of carbonyl (C=O) groups excluding carboxylic acids is 1. The summed E-state index contributed by atoms with van der Waals surface area (Å²) < 4.78 is 47.7. The standard InChI is InChI=1S/C20H21BrF3NO3/c1-25(12-15-5-3-4-6-16(15)21)19(26)10-8-14-7-9-17(18(11-14)27-2)28-13-20(22,23)24/h3-7,9,11H,8,10,12-13H2,1-2H3. The Balaban J connectivity index is 1.94. The van der Waals surface area contributed by atoms with Gasteiger partial charge in [0.2, 0.25) is 5.91 Å². The number of ether oxygens (including phenoxy) is 2. The van der Waals surface area contributed by atoms with E-state index in [4.69, 9.17) is 9.47 Å². The number of hydrogen-bond acceptors (Lipinski definition) is 3. The highest BCUT2D eigenvalue weighted by molar-refractivity contribution is 9.10. The van der Waals surface area contributed by atoms with Gasteiger partial charge in [0, 0.05) is 24.5 Å². The van der Waals surface area contributed by atoms with Crippen molar-refractivity contribution in [1.82, 2.24) is 4.90 Å². The van der Waals surface area contributed by atoms with Crippen molar-refractivity contribution in [3.05, 3.63) is 58.1 Å². The Bertz CT molecular complexity index is 812. The van der Waals surface area contributed by atoms with Crippen LogP contribution in [0, 0.1) is 0 Å². The minimum Gasteiger partial charge on any atom is -0.493 e. The van der Waals surface area contributed by atoms with Crippen molar-refractivity contribution in [3.8, 4) is 11.5 Å². The first-order chi connectivity index (χ1) is 13.2. The Morgan fingerprint density at radius 3 is 2.50 bits per heavy atom. The number of hydrogen-bond donors (Lipinski definition) is 0. The third-order valence-corrected chi connectivity index (χ3v) is 4.81. The van der Waals surface area contributed by atoms with E-state index in [2.05, 4.69) is 15.9 Å². The predicted molar refractivity (Wildman–Crippen MR) is 103 cm³/mol. The normalized spacial score (nSPS) is 11.2. The average molecular weight is 460 g/mol. The highest BCUT2D eigenvalue weighted by atomic mass is 79.9. The first kappa shape index (κ1) is 22.1. The predicted octanol–water partition coefficient (Wildman–Crippen LogP) is 4.99. The lowest BCUT2D eigenvalue weighted by molar-refractivity contribution is -0.153. The Morgan fingerprint density at radius 2 is 1.86 bits per heavy atom. The molecule has 4 nitrogen and oxygen atoms in total. The molecular weight excluding hydrogens is 439 g/mol. The van der Waals surface area contributed by atoms with Crippen molar-refractivity contribution >= 4 is 21.8 Å². The molecule has 0 bridgehead atoms. The van der Waals surface area contributed by atoms with Crippen molar-refractivity contribution in [3.63, 3.8) is 0 Å². The van der Waals surface area contributed by atoms with Crippen molar-refractivity contribution < 1.29 is 27.4 Å². The molecule has 8 heteroatoms. The lowest BCUT2D eigenvalue weighted by atomic mass is 10.1. The Kier molecular flexibility index (Phi) is 7.74. The molecule has 0 saturated heterocycles. The number of methoxy groups -OCH3 is 1. The molecular formula is C20H21BrF3NO3. The van der Waals surface area contributed by atoms with Gasteiger partial charge in [0.25, 0.3) is 0 Å². The molecule has 0 radical (unpaired) electrons. The molecule has 152 valence electrons. The third kappa shape index (κ3) is 6.74. The van der Waals surface area contributed by atoms with Crippen LogP contribution in [0.25, 0.3) is 0 Å². The molecule has 0 spiro atoms. The van der Waals surface area contributed by atoms with E-state index in [1.54, 1.807) is 24.1 Å². The third-order valence-electron chi connectivity index (χ3n) is 4.04. The van der Waals surface area contributed by atoms with Gasteiger partial charge in [0.15, 0.2) is 18.1 Å². The van der Waals surface area contributed by atoms with Gasteiger partial charge in [0.1, 0.15) is 0 Å². The SMILES string of the molecule is COc1cc(CCC(=O)N(C)Cc2ccccc2Br)ccc1OCC(F)(F)F. The Morgan fingerprint density at radius 1 is 1.14 bits per heavy atom. The van der Waals surface area contributed by atoms with E-state index in [1.165, 1.54) is 13.2 Å². The van der Waals surface area contributed by atoms with E-state index in [9.17, 15) is 18.0 Å². The molecule has 0 unspecified atom stereocenters. The van der Waals surface area contributed by atoms with Gasteiger partial charge in [0.05, 0.1) is 7.11 Å². The second-order valence-electron chi connectivity index (χ2n) is 6.23. The topological polar surface area (TPSA) is 38.8 Å². The van der Waals surface area contributed by atoms with Crippen LogP contribution in [0.3, 0.4) is 0 Å². The largest absolute Gasteiger partial charge is 0.493 e. The molecule has 2 rings (SSSR count). The van der Waals surface area contributed by atoms with Gasteiger partial charge >= 0.3 is 6.18 Å². The van der Waals surface area contributed by atoms with Crippen molar-refractivity contribution in [2.24, 2.45) is 0 Å². The van der Waals surface area contributed by atoms with Gasteiger partial charge in [-0.25, -0.2) is 0 Å². The van der Waals surface area contributed by atoms with Gasteiger partial charge in [-0.05, 0) is 35.7 Å². The Labute approximate surface area is 170 Å². The number of alkyl halides is 3. The summed E-state index contributed by atoms with van der Waals surface area (Å²) in [6.07, 6.45) is -3.71. The molecule has 1 amide bonds. The molecule has 0 aromatic heterocycles. The van der Waals surface area contributed by atoms with Crippen LogP contribution < -0.4 is 9.47 Å². The van der Waals surface area contributed by atoms with Gasteiger partial charge in [-0.2, -0.15) is 13.2 Å². The van der Waals surface area contributed by atoms with Crippen molar-refractivity contribution in [2.75, 3.05) is 20.8 Å². The van der Waals surface area contributed by atoms with E-state index in [0.717, 1.165) is 15.6 Å². The van der Waals surface area contributed by atoms with Crippen LogP contribution in [0.4, 0.5) is 13.2 Å². The molecule has 0 saturated carbocycles. The van der Waals surface area contributed by atoms with Crippen molar-refractivity contribution in [1.29, 1.82) is 0 Å². The van der Waals surface area contributed by atoms with Crippen LogP contribution in [-0.4, -0.2) is 37.7 Å². The van der Waals surface area contributed by atoms with Crippen LogP contribution in [-0.2, 0) is 17.8 Å². The maximum absolute atomic E-state index is 12.4. The zero-order valence-corrected chi connectivity index (χ0v) is 17.1. The highest BCUT2D eigenvalue weighted by Crippen LogP contribution is 2.30. The number of halogens is 4. The molecule has 0 atom stereocenters. The summed E-state index contributed by atoms with van der Waals surface area (Å²) in [6, 6.07) is 12.3. The van der Waals surface area contributed by atoms with E-state index in [0.29, 0.717) is 13.0 Å². The summed E-state index contributed by atoms with van der Waals surface area (Å²) in [4.78, 5) is 14.0. The zero-order chi connectivity index (χ0) is 20.7. The summed E-state index contributed by atoms with van der Waals surface area (Å²) in [5.41, 5.74) is 1.78. The molecule has 0 aliphatic carbocycles. The second-order valence-corrected chi connectivity index (χ2v) is 7.08. The summed E-state index contributed by atoms with van der Waals surface area (Å²) in [5, 5.41) is 0. The zero-order valence-electron chi connectivity index (χ0n) is 15.6. The minimum absolute atomic E-state index is 0.0148. The van der Waals surface area contributed by atoms with Gasteiger partial charge in [-0.3, -0.25) is 4.79 Å². The fourth-order valence-electron chi connectivity index (χ4n) is 2.56. The number of amides is 1. The monoisotopic (exact) mass is 459 g/mol. The van der Waals surface area contributed by atoms with Crippen LogP contribution in [0.15, 0.2) is 46.9 Å². The second kappa shape index (κ2) is 9.82. The van der Waals surface area contributed by atoms with E-state index < -0.39 is 12.8 Å². The fraction of sp³-hybridized carbons (Fsp3) is 0.350. The first-order valence-electron chi connectivity index (χ1n) is 8.53. The molecule has 28 heavy (non-hydrogen) atoms. The molecule has 0 aliphatic heterocycles. The van der Waals surface area contributed by atoms with E-state index >= 15 is 0 Å². The molecule has 0 heterocycles. The summed E-state index contributed by atoms with van der Waals surface area (Å²) in [5.74, 6) is 0.184. The number of carbonyl (C=O) groups is 1. The molecule has 0 aliphatic rings. The lowest BCUT2D eigenvalue weighted by Gasteiger charge is -2.18. The summed E-state index contributed by atoms with van der Waals surface area (Å²) >= 11 is 3.46. The fourth-order valence-corrected chi connectivity index (χ4v) is 2.97. The molecule has 2 aromatic carbocycles. The number of rotatable bonds is 8. The number of nitrogens with zero attached hydrogens (tertiary/aromatic N) is 1. The minimum atomic E-state index is -4.42. The van der Waals surface area contributed by atoms with E-state index in [-0.39, 0.29) is 23.8 Å². The van der Waals surface area contributed by atoms with Gasteiger partial charge in [-0.1, -0.05) is 40.2 Å². The summed E-state index contributed by atoms with van der Waals surface area (Å²) in [7, 11) is 3.09. The van der Waals surface area contributed by atoms with Gasteiger partial charge in [-0.15, -0.1) is 0 Å². The first-order valence-corrected chi connectivity index (χ1v) is 9.32. The number of aryl methyl sites for hydroxylation is 1. The van der Waals surface area contributed by atoms with Crippen LogP contribution in [0.1, 0.15) is 17.5 Å². The molecule has 2 aromatic rings. The summed E-state index contributed by atoms with van der Waals surface area (Å²) in [6.45, 7) is -0.908. The maximum Gasteiger partial charge on any atom is 0.422 e. The lowest BCUT2D eigenvalue weighted by Crippen LogP contribution is -2.26. The quantitative estimate of drug-likeness (QED) is 0.558. The average Bonchev–Trinajstić information content (AvgIpc) is 2.65. The molecule has 0 N–H and O–H groups in total. The van der Waals surface area contributed by atoms with Crippen LogP contribution >= 0.6 is 15.9 Å². The van der Waals surface area contributed by atoms with E-state index in [1.807, 2.05) is 24.3 Å². The van der Waals surface area contributed by atoms with Crippen LogP contribution in [0.5, 0.6) is 11.5 Å². The molecule has 0 fully saturated rings. The maximum atomic E-state index is 12.4. The smallest absolute Gasteiger partial charge is 0.422 e. The van der Waals surface area contributed by atoms with Crippen LogP contribution in [0.2, 0.25) is 0 Å².